The highest BCUT2D eigenvalue weighted by molar-refractivity contribution is 6.22. The summed E-state index contributed by atoms with van der Waals surface area (Å²) in [6, 6.07) is 15.7. The summed E-state index contributed by atoms with van der Waals surface area (Å²) in [7, 11) is 0. The Bertz CT molecular complexity index is 976. The van der Waals surface area contributed by atoms with Crippen molar-refractivity contribution in [2.45, 2.75) is 31.7 Å². The van der Waals surface area contributed by atoms with Crippen LogP contribution in [-0.2, 0) is 14.3 Å². The third kappa shape index (κ3) is 2.63. The lowest BCUT2D eigenvalue weighted by Crippen LogP contribution is -2.52. The van der Waals surface area contributed by atoms with Gasteiger partial charge in [0.25, 0.3) is 0 Å². The first-order valence-electron chi connectivity index (χ1n) is 10.0. The number of carbonyl (C=O) groups is 2. The minimum absolute atomic E-state index is 0.126. The third-order valence-electron chi connectivity index (χ3n) is 6.81. The zero-order valence-corrected chi connectivity index (χ0v) is 16.1. The van der Waals surface area contributed by atoms with E-state index in [1.165, 1.54) is 4.90 Å². The van der Waals surface area contributed by atoms with Gasteiger partial charge < -0.3 is 14.9 Å². The molecule has 29 heavy (non-hydrogen) atoms. The molecule has 0 aromatic heterocycles. The summed E-state index contributed by atoms with van der Waals surface area (Å²) >= 11 is 0. The Morgan fingerprint density at radius 3 is 2.52 bits per heavy atom. The van der Waals surface area contributed by atoms with Crippen LogP contribution in [0.3, 0.4) is 0 Å². The van der Waals surface area contributed by atoms with E-state index in [0.29, 0.717) is 18.5 Å². The molecule has 0 bridgehead atoms. The maximum absolute atomic E-state index is 13.3. The molecule has 3 fully saturated rings. The Morgan fingerprint density at radius 2 is 1.79 bits per heavy atom. The number of anilines is 1. The molecule has 2 N–H and O–H groups in total. The van der Waals surface area contributed by atoms with E-state index in [4.69, 9.17) is 4.74 Å². The molecular weight excluding hydrogens is 370 g/mol. The van der Waals surface area contributed by atoms with Gasteiger partial charge in [-0.15, -0.1) is 0 Å². The summed E-state index contributed by atoms with van der Waals surface area (Å²) in [6.45, 7) is 1.87. The number of ether oxygens (including phenoxy) is 1. The summed E-state index contributed by atoms with van der Waals surface area (Å²) < 4.78 is 6.10. The monoisotopic (exact) mass is 393 g/mol. The van der Waals surface area contributed by atoms with Crippen LogP contribution in [0, 0.1) is 23.7 Å². The zero-order valence-electron chi connectivity index (χ0n) is 16.1. The van der Waals surface area contributed by atoms with Gasteiger partial charge in [0.2, 0.25) is 11.8 Å². The number of aromatic hydroxyl groups is 1. The standard InChI is InChI=1S/C23H23NO5/c1-13-10-17-20(22(27)24(21(17)26)15-7-3-2-4-8-15)18-12-19(29-23(13,18)28)14-6-5-9-16(25)11-14/h2-9,11,13,17-20,25,28H,10,12H2,1H3/t13-,17-,18-,19-,20-,23+/m0/s1. The number of benzene rings is 2. The Hall–Kier alpha value is -2.70. The van der Waals surface area contributed by atoms with E-state index in [0.717, 1.165) is 5.56 Å². The fourth-order valence-corrected chi connectivity index (χ4v) is 5.41. The molecule has 2 saturated heterocycles. The number of nitrogens with zero attached hydrogens (tertiary/aromatic N) is 1. The topological polar surface area (TPSA) is 87.1 Å². The van der Waals surface area contributed by atoms with E-state index in [9.17, 15) is 19.8 Å². The molecule has 2 aliphatic heterocycles. The lowest BCUT2D eigenvalue weighted by atomic mass is 9.65. The molecular formula is C23H23NO5. The van der Waals surface area contributed by atoms with Crippen molar-refractivity contribution in [3.05, 3.63) is 60.2 Å². The van der Waals surface area contributed by atoms with Crippen LogP contribution in [0.4, 0.5) is 5.69 Å². The third-order valence-corrected chi connectivity index (χ3v) is 6.81. The van der Waals surface area contributed by atoms with Crippen molar-refractivity contribution in [2.75, 3.05) is 4.90 Å². The van der Waals surface area contributed by atoms with Gasteiger partial charge in [0.05, 0.1) is 23.6 Å². The molecule has 1 aliphatic carbocycles. The first kappa shape index (κ1) is 18.3. The second-order valence-corrected chi connectivity index (χ2v) is 8.41. The van der Waals surface area contributed by atoms with E-state index in [1.807, 2.05) is 19.1 Å². The number of rotatable bonds is 2. The van der Waals surface area contributed by atoms with Gasteiger partial charge in [-0.2, -0.15) is 0 Å². The van der Waals surface area contributed by atoms with Gasteiger partial charge in [-0.05, 0) is 42.7 Å². The van der Waals surface area contributed by atoms with Gasteiger partial charge in [0, 0.05) is 11.8 Å². The molecule has 150 valence electrons. The van der Waals surface area contributed by atoms with Gasteiger partial charge in [0.1, 0.15) is 5.75 Å². The molecule has 2 heterocycles. The smallest absolute Gasteiger partial charge is 0.238 e. The molecule has 6 atom stereocenters. The lowest BCUT2D eigenvalue weighted by Gasteiger charge is -2.43. The summed E-state index contributed by atoms with van der Waals surface area (Å²) in [6.07, 6.45) is 0.387. The maximum Gasteiger partial charge on any atom is 0.238 e. The Labute approximate surface area is 168 Å². The predicted octanol–water partition coefficient (Wildman–Crippen LogP) is 3.00. The SMILES string of the molecule is C[C@H]1C[C@@H]2C(=O)N(c3ccccc3)C(=O)[C@@H]2[C@@H]2C[C@@H](c3cccc(O)c3)O[C@]12O. The van der Waals surface area contributed by atoms with E-state index in [-0.39, 0.29) is 23.5 Å². The second kappa shape index (κ2) is 6.40. The molecule has 2 amide bonds. The summed E-state index contributed by atoms with van der Waals surface area (Å²) in [5.41, 5.74) is 1.32. The van der Waals surface area contributed by atoms with Crippen LogP contribution in [0.2, 0.25) is 0 Å². The molecule has 0 spiro atoms. The first-order valence-corrected chi connectivity index (χ1v) is 10.0. The predicted molar refractivity (Wildman–Crippen MR) is 105 cm³/mol. The molecule has 1 saturated carbocycles. The van der Waals surface area contributed by atoms with Gasteiger partial charge >= 0.3 is 0 Å². The average Bonchev–Trinajstić information content (AvgIpc) is 3.18. The fourth-order valence-electron chi connectivity index (χ4n) is 5.41. The first-order chi connectivity index (χ1) is 13.9. The summed E-state index contributed by atoms with van der Waals surface area (Å²) in [4.78, 5) is 27.7. The number of carbonyl (C=O) groups excluding carboxylic acids is 2. The Kier molecular flexibility index (Phi) is 4.05. The van der Waals surface area contributed by atoms with Crippen molar-refractivity contribution in [3.63, 3.8) is 0 Å². The molecule has 0 radical (unpaired) electrons. The highest BCUT2D eigenvalue weighted by Gasteiger charge is 2.65. The highest BCUT2D eigenvalue weighted by atomic mass is 16.6. The molecule has 6 nitrogen and oxygen atoms in total. The average molecular weight is 393 g/mol. The largest absolute Gasteiger partial charge is 0.508 e. The quantitative estimate of drug-likeness (QED) is 0.766. The number of amides is 2. The Balaban J connectivity index is 1.51. The zero-order chi connectivity index (χ0) is 20.3. The van der Waals surface area contributed by atoms with E-state index in [2.05, 4.69) is 0 Å². The highest BCUT2D eigenvalue weighted by Crippen LogP contribution is 2.58. The van der Waals surface area contributed by atoms with Crippen LogP contribution >= 0.6 is 0 Å². The molecule has 5 rings (SSSR count). The number of phenols is 1. The van der Waals surface area contributed by atoms with Crippen molar-refractivity contribution in [1.29, 1.82) is 0 Å². The van der Waals surface area contributed by atoms with Gasteiger partial charge in [-0.3, -0.25) is 14.5 Å². The van der Waals surface area contributed by atoms with Crippen LogP contribution in [-0.4, -0.2) is 27.8 Å². The van der Waals surface area contributed by atoms with E-state index < -0.39 is 29.6 Å². The van der Waals surface area contributed by atoms with Crippen LogP contribution in [0.15, 0.2) is 54.6 Å². The minimum atomic E-state index is -1.47. The fraction of sp³-hybridized carbons (Fsp3) is 0.391. The second-order valence-electron chi connectivity index (χ2n) is 8.41. The number of hydrogen-bond donors (Lipinski definition) is 2. The van der Waals surface area contributed by atoms with Crippen LogP contribution in [0.5, 0.6) is 5.75 Å². The van der Waals surface area contributed by atoms with Gasteiger partial charge in [0.15, 0.2) is 5.79 Å². The van der Waals surface area contributed by atoms with Crippen molar-refractivity contribution in [3.8, 4) is 5.75 Å². The van der Waals surface area contributed by atoms with Crippen molar-refractivity contribution in [1.82, 2.24) is 0 Å². The minimum Gasteiger partial charge on any atom is -0.508 e. The number of para-hydroxylation sites is 1. The van der Waals surface area contributed by atoms with Crippen LogP contribution < -0.4 is 4.90 Å². The summed E-state index contributed by atoms with van der Waals surface area (Å²) in [5, 5.41) is 21.2. The molecule has 6 heteroatoms. The van der Waals surface area contributed by atoms with E-state index in [1.54, 1.807) is 42.5 Å². The molecule has 2 aromatic rings. The van der Waals surface area contributed by atoms with Crippen molar-refractivity contribution < 1.29 is 24.5 Å². The van der Waals surface area contributed by atoms with E-state index >= 15 is 0 Å². The van der Waals surface area contributed by atoms with Crippen LogP contribution in [0.25, 0.3) is 0 Å². The number of phenolic OH excluding ortho intramolecular Hbond substituents is 1. The van der Waals surface area contributed by atoms with Gasteiger partial charge in [-0.1, -0.05) is 37.3 Å². The lowest BCUT2D eigenvalue weighted by molar-refractivity contribution is -0.265. The summed E-state index contributed by atoms with van der Waals surface area (Å²) in [5.74, 6) is -3.62. The molecule has 2 aromatic carbocycles. The number of hydrogen-bond acceptors (Lipinski definition) is 5. The molecule has 0 unspecified atom stereocenters. The number of aliphatic hydroxyl groups is 1. The maximum atomic E-state index is 13.3. The Morgan fingerprint density at radius 1 is 1.03 bits per heavy atom. The molecule has 3 aliphatic rings. The number of imide groups is 1. The van der Waals surface area contributed by atoms with Crippen molar-refractivity contribution in [2.24, 2.45) is 23.7 Å². The van der Waals surface area contributed by atoms with Gasteiger partial charge in [-0.25, -0.2) is 0 Å². The van der Waals surface area contributed by atoms with Crippen molar-refractivity contribution >= 4 is 17.5 Å². The normalized spacial score (nSPS) is 36.2. The number of fused-ring (bicyclic) bond motifs is 3. The van der Waals surface area contributed by atoms with Crippen LogP contribution in [0.1, 0.15) is 31.4 Å².